The number of hydrogen-bond donors (Lipinski definition) is 2. The van der Waals surface area contributed by atoms with Gasteiger partial charge >= 0.3 is 0 Å². The van der Waals surface area contributed by atoms with Crippen LogP contribution >= 0.6 is 0 Å². The van der Waals surface area contributed by atoms with E-state index in [1.165, 1.54) is 0 Å². The molecule has 18 heavy (non-hydrogen) atoms. The van der Waals surface area contributed by atoms with Gasteiger partial charge in [-0.05, 0) is 31.2 Å². The van der Waals surface area contributed by atoms with Crippen molar-refractivity contribution in [2.75, 3.05) is 6.61 Å². The molecule has 0 saturated carbocycles. The van der Waals surface area contributed by atoms with Crippen LogP contribution < -0.4 is 5.32 Å². The van der Waals surface area contributed by atoms with E-state index in [1.807, 2.05) is 22.9 Å². The van der Waals surface area contributed by atoms with Crippen molar-refractivity contribution in [3.05, 3.63) is 48.5 Å². The Balaban J connectivity index is 2.10. The fourth-order valence-electron chi connectivity index (χ4n) is 1.55. The number of nitrogens with zero attached hydrogens (tertiary/aromatic N) is 2. The van der Waals surface area contributed by atoms with Crippen molar-refractivity contribution < 1.29 is 9.90 Å². The molecule has 1 aromatic heterocycles. The minimum atomic E-state index is -0.245. The number of aliphatic hydroxyl groups excluding tert-OH is 1. The highest BCUT2D eigenvalue weighted by Gasteiger charge is 2.08. The van der Waals surface area contributed by atoms with Crippen LogP contribution in [0.1, 0.15) is 17.3 Å². The van der Waals surface area contributed by atoms with E-state index in [0.29, 0.717) is 5.56 Å². The largest absolute Gasteiger partial charge is 0.394 e. The Morgan fingerprint density at radius 3 is 2.72 bits per heavy atom. The molecule has 2 aromatic rings. The molecule has 94 valence electrons. The SMILES string of the molecule is CC(CO)NC(=O)c1ccc(-n2ccnc2)cc1. The van der Waals surface area contributed by atoms with Crippen molar-refractivity contribution in [1.82, 2.24) is 14.9 Å². The average molecular weight is 245 g/mol. The number of carbonyl (C=O) groups is 1. The van der Waals surface area contributed by atoms with E-state index in [0.717, 1.165) is 5.69 Å². The molecule has 0 saturated heterocycles. The Kier molecular flexibility index (Phi) is 3.74. The number of hydrogen-bond acceptors (Lipinski definition) is 3. The van der Waals surface area contributed by atoms with Crippen LogP contribution in [-0.4, -0.2) is 33.2 Å². The molecule has 5 nitrogen and oxygen atoms in total. The van der Waals surface area contributed by atoms with E-state index in [4.69, 9.17) is 5.11 Å². The summed E-state index contributed by atoms with van der Waals surface area (Å²) in [7, 11) is 0. The number of aromatic nitrogens is 2. The van der Waals surface area contributed by atoms with Gasteiger partial charge in [0.25, 0.3) is 5.91 Å². The number of rotatable bonds is 4. The first kappa shape index (κ1) is 12.3. The summed E-state index contributed by atoms with van der Waals surface area (Å²) in [6.07, 6.45) is 5.23. The molecule has 0 aliphatic carbocycles. The average Bonchev–Trinajstić information content (AvgIpc) is 2.92. The smallest absolute Gasteiger partial charge is 0.251 e. The second-order valence-electron chi connectivity index (χ2n) is 4.07. The van der Waals surface area contributed by atoms with Crippen LogP contribution in [-0.2, 0) is 0 Å². The van der Waals surface area contributed by atoms with E-state index in [9.17, 15) is 4.79 Å². The van der Waals surface area contributed by atoms with Crippen LogP contribution in [0, 0.1) is 0 Å². The molecule has 0 aliphatic rings. The monoisotopic (exact) mass is 245 g/mol. The zero-order valence-corrected chi connectivity index (χ0v) is 10.1. The van der Waals surface area contributed by atoms with E-state index in [2.05, 4.69) is 10.3 Å². The van der Waals surface area contributed by atoms with Gasteiger partial charge in [-0.15, -0.1) is 0 Å². The maximum atomic E-state index is 11.8. The minimum Gasteiger partial charge on any atom is -0.394 e. The highest BCUT2D eigenvalue weighted by Crippen LogP contribution is 2.09. The molecule has 0 aliphatic heterocycles. The topological polar surface area (TPSA) is 67.2 Å². The quantitative estimate of drug-likeness (QED) is 0.844. The third kappa shape index (κ3) is 2.75. The zero-order valence-electron chi connectivity index (χ0n) is 10.1. The summed E-state index contributed by atoms with van der Waals surface area (Å²) >= 11 is 0. The standard InChI is InChI=1S/C13H15N3O2/c1-10(8-17)15-13(18)11-2-4-12(5-3-11)16-7-6-14-9-16/h2-7,9-10,17H,8H2,1H3,(H,15,18). The van der Waals surface area contributed by atoms with Gasteiger partial charge in [0.05, 0.1) is 12.9 Å². The predicted octanol–water partition coefficient (Wildman–Crippen LogP) is 0.983. The predicted molar refractivity (Wildman–Crippen MR) is 67.6 cm³/mol. The summed E-state index contributed by atoms with van der Waals surface area (Å²) in [5.74, 6) is -0.186. The molecule has 1 amide bonds. The third-order valence-corrected chi connectivity index (χ3v) is 2.58. The van der Waals surface area contributed by atoms with Gasteiger partial charge in [-0.2, -0.15) is 0 Å². The summed E-state index contributed by atoms with van der Waals surface area (Å²) < 4.78 is 1.86. The van der Waals surface area contributed by atoms with Gasteiger partial charge in [0.2, 0.25) is 0 Å². The van der Waals surface area contributed by atoms with Gasteiger partial charge in [0.1, 0.15) is 0 Å². The van der Waals surface area contributed by atoms with Crippen molar-refractivity contribution in [2.45, 2.75) is 13.0 Å². The molecule has 0 bridgehead atoms. The fraction of sp³-hybridized carbons (Fsp3) is 0.231. The lowest BCUT2D eigenvalue weighted by Gasteiger charge is -2.11. The van der Waals surface area contributed by atoms with Crippen LogP contribution in [0.25, 0.3) is 5.69 Å². The second kappa shape index (κ2) is 5.46. The lowest BCUT2D eigenvalue weighted by molar-refractivity contribution is 0.0922. The second-order valence-corrected chi connectivity index (χ2v) is 4.07. The number of benzene rings is 1. The number of aliphatic hydroxyl groups is 1. The van der Waals surface area contributed by atoms with Gasteiger partial charge in [-0.1, -0.05) is 0 Å². The van der Waals surface area contributed by atoms with Crippen LogP contribution in [0.15, 0.2) is 43.0 Å². The van der Waals surface area contributed by atoms with E-state index in [1.54, 1.807) is 31.6 Å². The molecular weight excluding hydrogens is 230 g/mol. The van der Waals surface area contributed by atoms with Crippen LogP contribution in [0.3, 0.4) is 0 Å². The van der Waals surface area contributed by atoms with Crippen molar-refractivity contribution in [3.8, 4) is 5.69 Å². The molecule has 1 atom stereocenters. The van der Waals surface area contributed by atoms with Crippen molar-refractivity contribution in [3.63, 3.8) is 0 Å². The maximum Gasteiger partial charge on any atom is 0.251 e. The summed E-state index contributed by atoms with van der Waals surface area (Å²) in [5, 5.41) is 11.6. The maximum absolute atomic E-state index is 11.8. The van der Waals surface area contributed by atoms with Gasteiger partial charge in [0, 0.05) is 29.7 Å². The van der Waals surface area contributed by atoms with E-state index >= 15 is 0 Å². The first-order chi connectivity index (χ1) is 8.70. The summed E-state index contributed by atoms with van der Waals surface area (Å²) in [6, 6.07) is 6.94. The highest BCUT2D eigenvalue weighted by molar-refractivity contribution is 5.94. The molecule has 0 radical (unpaired) electrons. The molecule has 2 N–H and O–H groups in total. The summed E-state index contributed by atoms with van der Waals surface area (Å²) in [5.41, 5.74) is 1.51. The third-order valence-electron chi connectivity index (χ3n) is 2.58. The number of carbonyl (C=O) groups excluding carboxylic acids is 1. The Morgan fingerprint density at radius 1 is 1.44 bits per heavy atom. The van der Waals surface area contributed by atoms with Crippen molar-refractivity contribution in [2.24, 2.45) is 0 Å². The fourth-order valence-corrected chi connectivity index (χ4v) is 1.55. The van der Waals surface area contributed by atoms with Crippen molar-refractivity contribution in [1.29, 1.82) is 0 Å². The molecule has 5 heteroatoms. The molecule has 1 aromatic carbocycles. The number of amides is 1. The first-order valence-electron chi connectivity index (χ1n) is 5.71. The molecular formula is C13H15N3O2. The molecule has 1 heterocycles. The lowest BCUT2D eigenvalue weighted by atomic mass is 10.2. The van der Waals surface area contributed by atoms with Gasteiger partial charge < -0.3 is 15.0 Å². The number of imidazole rings is 1. The van der Waals surface area contributed by atoms with Crippen LogP contribution in [0.5, 0.6) is 0 Å². The van der Waals surface area contributed by atoms with Crippen LogP contribution in [0.4, 0.5) is 0 Å². The number of nitrogens with one attached hydrogen (secondary N) is 1. The first-order valence-corrected chi connectivity index (χ1v) is 5.71. The van der Waals surface area contributed by atoms with E-state index in [-0.39, 0.29) is 18.6 Å². The normalized spacial score (nSPS) is 12.1. The van der Waals surface area contributed by atoms with Crippen molar-refractivity contribution >= 4 is 5.91 Å². The Labute approximate surface area is 105 Å². The molecule has 0 fully saturated rings. The van der Waals surface area contributed by atoms with Gasteiger partial charge in [0.15, 0.2) is 0 Å². The summed E-state index contributed by atoms with van der Waals surface area (Å²) in [6.45, 7) is 1.68. The van der Waals surface area contributed by atoms with Gasteiger partial charge in [-0.3, -0.25) is 4.79 Å². The van der Waals surface area contributed by atoms with Crippen LogP contribution in [0.2, 0.25) is 0 Å². The highest BCUT2D eigenvalue weighted by atomic mass is 16.3. The molecule has 2 rings (SSSR count). The molecule has 1 unspecified atom stereocenters. The van der Waals surface area contributed by atoms with Gasteiger partial charge in [-0.25, -0.2) is 4.98 Å². The molecule has 0 spiro atoms. The Hall–Kier alpha value is -2.14. The lowest BCUT2D eigenvalue weighted by Crippen LogP contribution is -2.34. The Bertz CT molecular complexity index is 506. The summed E-state index contributed by atoms with van der Waals surface area (Å²) in [4.78, 5) is 15.7. The Morgan fingerprint density at radius 2 is 2.17 bits per heavy atom. The zero-order chi connectivity index (χ0) is 13.0. The van der Waals surface area contributed by atoms with E-state index < -0.39 is 0 Å². The minimum absolute atomic E-state index is 0.0706.